The van der Waals surface area contributed by atoms with Gasteiger partial charge in [0.25, 0.3) is 0 Å². The number of fused-ring (bicyclic) bond motifs is 3. The molecule has 168 valence electrons. The molecule has 2 heterocycles. The molecule has 0 spiro atoms. The van der Waals surface area contributed by atoms with E-state index in [9.17, 15) is 13.0 Å². The van der Waals surface area contributed by atoms with E-state index in [1.54, 1.807) is 0 Å². The number of piperidine rings is 1. The minimum Gasteiger partial charge on any atom is -0.493 e. The summed E-state index contributed by atoms with van der Waals surface area (Å²) in [7, 11) is 2.50. The normalized spacial score (nSPS) is 48.1. The molecule has 0 radical (unpaired) electrons. The monoisotopic (exact) mass is 438 g/mol. The van der Waals surface area contributed by atoms with Crippen LogP contribution in [0.25, 0.3) is 0 Å². The maximum absolute atomic E-state index is 13.9. The van der Waals surface area contributed by atoms with Gasteiger partial charge in [-0.1, -0.05) is 27.5 Å². The Balaban J connectivity index is 2.53. The number of esters is 1. The Labute approximate surface area is 209 Å². The van der Waals surface area contributed by atoms with Crippen molar-refractivity contribution < 1.29 is 46.4 Å². The van der Waals surface area contributed by atoms with Crippen LogP contribution in [0.15, 0.2) is 12.1 Å². The van der Waals surface area contributed by atoms with E-state index in [0.29, 0.717) is 11.8 Å². The number of methoxy groups -OCH3 is 2. The Morgan fingerprint density at radius 1 is 1.40 bits per heavy atom. The summed E-state index contributed by atoms with van der Waals surface area (Å²) in [6, 6.07) is -3.85. The molecule has 5 atom stereocenters. The Bertz CT molecular complexity index is 1490. The summed E-state index contributed by atoms with van der Waals surface area (Å²) in [5, 5.41) is 0. The standard InChI is InChI=1S/C24H38N2O4/c1-14(2)9-17-13-26-8-7-16-10-21(28-5)22(29-6)11-18(16)19(26)12-20(17)30-24(27)23(25)15(3)4/h10-11,14-15,17,19-20,23H,7-9,12-13,25H2,1-6H3/t17?,19?,20?,23-/m0/s1/i1D3,3D3,4D3,9D2,12D2,13D2,14D,15D,17D,20D,23D/t14?,17?,19?,20?,23-. The van der Waals surface area contributed by atoms with Gasteiger partial charge in [0.15, 0.2) is 11.5 Å². The van der Waals surface area contributed by atoms with Crippen molar-refractivity contribution in [3.8, 4) is 11.5 Å². The number of hydrogen-bond donors (Lipinski definition) is 1. The number of carbonyl (C=O) groups excluding carboxylic acids is 1. The van der Waals surface area contributed by atoms with E-state index < -0.39 is 88.1 Å². The first kappa shape index (κ1) is 8.28. The van der Waals surface area contributed by atoms with E-state index in [-0.39, 0.29) is 29.0 Å². The van der Waals surface area contributed by atoms with Gasteiger partial charge in [-0.25, -0.2) is 0 Å². The lowest BCUT2D eigenvalue weighted by Crippen LogP contribution is -2.51. The maximum Gasteiger partial charge on any atom is 0.323 e. The Kier molecular flexibility index (Phi) is 2.64. The molecule has 0 amide bonds. The molecule has 6 nitrogen and oxygen atoms in total. The zero-order valence-electron chi connectivity index (χ0n) is 36.8. The lowest BCUT2D eigenvalue weighted by Gasteiger charge is -2.47. The highest BCUT2D eigenvalue weighted by atomic mass is 16.5. The molecule has 1 aromatic rings. The van der Waals surface area contributed by atoms with Gasteiger partial charge in [0.05, 0.1) is 17.0 Å². The number of nitrogens with two attached hydrogens (primary N) is 1. The van der Waals surface area contributed by atoms with Crippen molar-refractivity contribution in [1.29, 1.82) is 0 Å². The molecule has 1 fully saturated rings. The van der Waals surface area contributed by atoms with Gasteiger partial charge in [-0.15, -0.1) is 0 Å². The summed E-state index contributed by atoms with van der Waals surface area (Å²) < 4.78 is 184. The van der Waals surface area contributed by atoms with Gasteiger partial charge in [0.1, 0.15) is 12.1 Å². The molecule has 2 aliphatic rings. The second-order valence-corrected chi connectivity index (χ2v) is 6.64. The predicted octanol–water partition coefficient (Wildman–Crippen LogP) is 3.56. The van der Waals surface area contributed by atoms with Crippen LogP contribution in [0.3, 0.4) is 0 Å². The third-order valence-corrected chi connectivity index (χ3v) is 4.62. The Morgan fingerprint density at radius 3 is 2.80 bits per heavy atom. The lowest BCUT2D eigenvalue weighted by molar-refractivity contribution is -0.160. The molecule has 0 saturated carbocycles. The van der Waals surface area contributed by atoms with Crippen LogP contribution in [0.5, 0.6) is 11.5 Å². The van der Waals surface area contributed by atoms with Crippen LogP contribution in [0.2, 0.25) is 0 Å². The highest BCUT2D eigenvalue weighted by molar-refractivity contribution is 5.76. The summed E-state index contributed by atoms with van der Waals surface area (Å²) in [4.78, 5) is 14.4. The third-order valence-electron chi connectivity index (χ3n) is 4.62. The minimum absolute atomic E-state index is 0.0438. The molecule has 2 aliphatic heterocycles. The highest BCUT2D eigenvalue weighted by Gasteiger charge is 2.41. The van der Waals surface area contributed by atoms with E-state index >= 15 is 0 Å². The molecule has 4 unspecified atom stereocenters. The first-order chi connectivity index (χ1) is 22.0. The van der Waals surface area contributed by atoms with Gasteiger partial charge in [0, 0.05) is 56.0 Å². The first-order valence-electron chi connectivity index (χ1n) is 19.0. The highest BCUT2D eigenvalue weighted by Crippen LogP contribution is 2.44. The molecule has 0 bridgehead atoms. The van der Waals surface area contributed by atoms with Gasteiger partial charge in [0.2, 0.25) is 0 Å². The number of ether oxygens (including phenoxy) is 3. The van der Waals surface area contributed by atoms with Crippen LogP contribution >= 0.6 is 0 Å². The van der Waals surface area contributed by atoms with E-state index in [0.717, 1.165) is 0 Å². The Hall–Kier alpha value is -1.79. The third kappa shape index (κ3) is 4.75. The van der Waals surface area contributed by atoms with Gasteiger partial charge in [-0.05, 0) is 47.8 Å². The number of benzene rings is 1. The summed E-state index contributed by atoms with van der Waals surface area (Å²) in [6.45, 7) is -15.8. The van der Waals surface area contributed by atoms with Crippen molar-refractivity contribution >= 4 is 5.97 Å². The summed E-state index contributed by atoms with van der Waals surface area (Å²) in [5.41, 5.74) is 5.73. The smallest absolute Gasteiger partial charge is 0.323 e. The first-order valence-corrected chi connectivity index (χ1v) is 9.01. The molecule has 3 rings (SSSR count). The van der Waals surface area contributed by atoms with Crippen LogP contribution in [0, 0.1) is 17.7 Å². The van der Waals surface area contributed by atoms with E-state index in [1.165, 1.54) is 26.4 Å². The zero-order chi connectivity index (χ0) is 39.5. The van der Waals surface area contributed by atoms with Gasteiger partial charge in [-0.2, -0.15) is 0 Å². The largest absolute Gasteiger partial charge is 0.493 e. The molecule has 0 aromatic heterocycles. The average molecular weight is 439 g/mol. The fourth-order valence-electron chi connectivity index (χ4n) is 3.22. The van der Waals surface area contributed by atoms with Crippen LogP contribution in [-0.2, 0) is 16.0 Å². The second-order valence-electron chi connectivity index (χ2n) is 6.64. The second kappa shape index (κ2) is 9.56. The van der Waals surface area contributed by atoms with Crippen molar-refractivity contribution in [2.24, 2.45) is 23.4 Å². The SMILES string of the molecule is [2H]C([2H])([2H])C([2H])(C)C([2H])([2H])C1([2H])C([2H])([2H])N2CCc3cc(OC)c(OC)cc3C2C([2H])([2H])C1([2H])OC(=O)[C@@]([2H])(N)C([2H])(C([2H])([2H])[2H])C([2H])([2H])[2H]. The molecule has 2 N–H and O–H groups in total. The molecule has 1 aromatic carbocycles. The van der Waals surface area contributed by atoms with Crippen molar-refractivity contribution in [1.82, 2.24) is 4.90 Å². The quantitative estimate of drug-likeness (QED) is 0.656. The maximum atomic E-state index is 13.9. The van der Waals surface area contributed by atoms with Crippen LogP contribution < -0.4 is 15.2 Å². The van der Waals surface area contributed by atoms with Crippen molar-refractivity contribution in [2.45, 2.75) is 64.8 Å². The Morgan fingerprint density at radius 2 is 2.13 bits per heavy atom. The van der Waals surface area contributed by atoms with Gasteiger partial charge >= 0.3 is 5.97 Å². The summed E-state index contributed by atoms with van der Waals surface area (Å²) >= 11 is 0. The molecule has 0 aliphatic carbocycles. The fourth-order valence-corrected chi connectivity index (χ4v) is 3.22. The van der Waals surface area contributed by atoms with Crippen molar-refractivity contribution in [3.63, 3.8) is 0 Å². The molecule has 1 saturated heterocycles. The average Bonchev–Trinajstić information content (AvgIpc) is 2.95. The van der Waals surface area contributed by atoms with Gasteiger partial charge < -0.3 is 19.9 Å². The molecular weight excluding hydrogens is 380 g/mol. The van der Waals surface area contributed by atoms with E-state index in [4.69, 9.17) is 39.1 Å². The topological polar surface area (TPSA) is 74.0 Å². The lowest BCUT2D eigenvalue weighted by atomic mass is 9.79. The number of rotatable bonds is 7. The molecular formula is C24H38N2O4. The molecule has 30 heavy (non-hydrogen) atoms. The fraction of sp³-hybridized carbons (Fsp3) is 0.708. The summed E-state index contributed by atoms with van der Waals surface area (Å²) in [6.07, 6.45) is -12.6. The van der Waals surface area contributed by atoms with Crippen molar-refractivity contribution in [2.75, 3.05) is 27.3 Å². The van der Waals surface area contributed by atoms with Crippen LogP contribution in [0.4, 0.5) is 0 Å². The van der Waals surface area contributed by atoms with E-state index in [1.807, 2.05) is 0 Å². The van der Waals surface area contributed by atoms with Crippen LogP contribution in [-0.4, -0.2) is 50.2 Å². The number of hydrogen-bond acceptors (Lipinski definition) is 6. The number of carbonyl (C=O) groups is 1. The summed E-state index contributed by atoms with van der Waals surface area (Å²) in [5.74, 6) is -14.8. The van der Waals surface area contributed by atoms with E-state index in [2.05, 4.69) is 0 Å². The zero-order valence-corrected chi connectivity index (χ0v) is 16.8. The molecule has 6 heteroatoms. The van der Waals surface area contributed by atoms with Crippen LogP contribution in [0.1, 0.15) is 84.8 Å². The van der Waals surface area contributed by atoms with Crippen molar-refractivity contribution in [3.05, 3.63) is 23.3 Å². The minimum atomic E-state index is -4.45. The van der Waals surface area contributed by atoms with Gasteiger partial charge in [-0.3, -0.25) is 9.69 Å². The predicted molar refractivity (Wildman–Crippen MR) is 118 cm³/mol. The number of nitrogens with zero attached hydrogens (tertiary/aromatic N) is 1.